The first kappa shape index (κ1) is 18.2. The van der Waals surface area contributed by atoms with Crippen molar-refractivity contribution in [2.75, 3.05) is 20.1 Å². The summed E-state index contributed by atoms with van der Waals surface area (Å²) >= 11 is 12.2. The predicted molar refractivity (Wildman–Crippen MR) is 99.0 cm³/mol. The molecule has 1 saturated heterocycles. The summed E-state index contributed by atoms with van der Waals surface area (Å²) in [6.45, 7) is 1.59. The van der Waals surface area contributed by atoms with E-state index in [1.54, 1.807) is 18.0 Å². The van der Waals surface area contributed by atoms with Crippen LogP contribution in [0.5, 0.6) is 0 Å². The summed E-state index contributed by atoms with van der Waals surface area (Å²) in [4.78, 5) is 14.5. The van der Waals surface area contributed by atoms with Gasteiger partial charge >= 0.3 is 0 Å². The van der Waals surface area contributed by atoms with Crippen LogP contribution in [0.3, 0.4) is 0 Å². The van der Waals surface area contributed by atoms with Crippen LogP contribution in [0, 0.1) is 5.82 Å². The maximum Gasteiger partial charge on any atom is 0.253 e. The van der Waals surface area contributed by atoms with Crippen LogP contribution in [-0.2, 0) is 0 Å². The topological polar surface area (TPSA) is 32.3 Å². The van der Waals surface area contributed by atoms with Gasteiger partial charge in [0.15, 0.2) is 0 Å². The van der Waals surface area contributed by atoms with Crippen LogP contribution in [-0.4, -0.2) is 37.0 Å². The summed E-state index contributed by atoms with van der Waals surface area (Å²) in [7, 11) is 1.80. The molecule has 2 atom stereocenters. The van der Waals surface area contributed by atoms with E-state index in [2.05, 4.69) is 5.32 Å². The Labute approximate surface area is 156 Å². The fraction of sp³-hybridized carbons (Fsp3) is 0.316. The smallest absolute Gasteiger partial charge is 0.253 e. The van der Waals surface area contributed by atoms with Crippen LogP contribution >= 0.6 is 23.2 Å². The van der Waals surface area contributed by atoms with Gasteiger partial charge in [-0.3, -0.25) is 4.79 Å². The van der Waals surface area contributed by atoms with E-state index in [9.17, 15) is 9.18 Å². The molecule has 3 rings (SSSR count). The van der Waals surface area contributed by atoms with Crippen molar-refractivity contribution in [3.05, 3.63) is 69.5 Å². The Morgan fingerprint density at radius 1 is 1.16 bits per heavy atom. The lowest BCUT2D eigenvalue weighted by Gasteiger charge is -2.39. The number of benzene rings is 2. The second-order valence-electron chi connectivity index (χ2n) is 6.26. The molecule has 6 heteroatoms. The van der Waals surface area contributed by atoms with E-state index < -0.39 is 0 Å². The third-order valence-electron chi connectivity index (χ3n) is 4.73. The second-order valence-corrected chi connectivity index (χ2v) is 7.08. The molecule has 1 fully saturated rings. The van der Waals surface area contributed by atoms with Gasteiger partial charge in [-0.1, -0.05) is 29.3 Å². The van der Waals surface area contributed by atoms with Crippen molar-refractivity contribution in [3.8, 4) is 0 Å². The molecule has 3 nitrogen and oxygen atoms in total. The van der Waals surface area contributed by atoms with Gasteiger partial charge in [0.25, 0.3) is 5.91 Å². The van der Waals surface area contributed by atoms with E-state index in [4.69, 9.17) is 23.2 Å². The van der Waals surface area contributed by atoms with Crippen LogP contribution in [0.15, 0.2) is 42.5 Å². The summed E-state index contributed by atoms with van der Waals surface area (Å²) in [5.41, 5.74) is 1.53. The Hall–Kier alpha value is -1.62. The fourth-order valence-corrected chi connectivity index (χ4v) is 3.64. The molecule has 0 saturated carbocycles. The third kappa shape index (κ3) is 3.97. The van der Waals surface area contributed by atoms with Gasteiger partial charge in [0.1, 0.15) is 5.82 Å². The lowest BCUT2D eigenvalue weighted by atomic mass is 9.85. The second kappa shape index (κ2) is 7.73. The number of halogens is 3. The first-order valence-electron chi connectivity index (χ1n) is 8.16. The van der Waals surface area contributed by atoms with Gasteiger partial charge in [0.05, 0.1) is 10.0 Å². The van der Waals surface area contributed by atoms with Crippen LogP contribution in [0.4, 0.5) is 4.39 Å². The maximum absolute atomic E-state index is 13.1. The Morgan fingerprint density at radius 3 is 2.56 bits per heavy atom. The molecule has 1 aliphatic rings. The van der Waals surface area contributed by atoms with Crippen LogP contribution in [0.2, 0.25) is 10.0 Å². The highest BCUT2D eigenvalue weighted by Crippen LogP contribution is 2.32. The number of rotatable bonds is 3. The number of nitrogens with zero attached hydrogens (tertiary/aromatic N) is 1. The van der Waals surface area contributed by atoms with Gasteiger partial charge in [0, 0.05) is 31.1 Å². The Bertz CT molecular complexity index is 767. The zero-order valence-corrected chi connectivity index (χ0v) is 15.3. The van der Waals surface area contributed by atoms with Crippen molar-refractivity contribution >= 4 is 29.1 Å². The molecule has 2 aromatic carbocycles. The zero-order chi connectivity index (χ0) is 18.0. The Balaban J connectivity index is 1.85. The molecular formula is C19H19Cl2FN2O. The SMILES string of the molecule is CN(C(=O)c1ccc(F)cc1)[C@@H]1CCNC[C@H]1c1ccc(Cl)c(Cl)c1. The first-order chi connectivity index (χ1) is 12.0. The summed E-state index contributed by atoms with van der Waals surface area (Å²) in [5, 5.41) is 4.40. The highest BCUT2D eigenvalue weighted by molar-refractivity contribution is 6.42. The average Bonchev–Trinajstić information content (AvgIpc) is 2.63. The number of likely N-dealkylation sites (N-methyl/N-ethyl adjacent to an activating group) is 1. The number of carbonyl (C=O) groups excluding carboxylic acids is 1. The van der Waals surface area contributed by atoms with E-state index >= 15 is 0 Å². The number of piperidine rings is 1. The minimum atomic E-state index is -0.352. The molecule has 0 radical (unpaired) electrons. The highest BCUT2D eigenvalue weighted by Gasteiger charge is 2.32. The van der Waals surface area contributed by atoms with E-state index in [-0.39, 0.29) is 23.7 Å². The predicted octanol–water partition coefficient (Wildman–Crippen LogP) is 4.35. The van der Waals surface area contributed by atoms with Gasteiger partial charge in [0.2, 0.25) is 0 Å². The van der Waals surface area contributed by atoms with Crippen LogP contribution in [0.1, 0.15) is 28.3 Å². The van der Waals surface area contributed by atoms with Crippen LogP contribution < -0.4 is 5.32 Å². The van der Waals surface area contributed by atoms with Gasteiger partial charge in [-0.15, -0.1) is 0 Å². The number of amides is 1. The summed E-state index contributed by atoms with van der Waals surface area (Å²) in [5.74, 6) is -0.357. The Kier molecular flexibility index (Phi) is 5.62. The summed E-state index contributed by atoms with van der Waals surface area (Å²) < 4.78 is 13.1. The molecule has 1 N–H and O–H groups in total. The van der Waals surface area contributed by atoms with Gasteiger partial charge in [-0.2, -0.15) is 0 Å². The van der Waals surface area contributed by atoms with Gasteiger partial charge in [-0.05, 0) is 54.9 Å². The van der Waals surface area contributed by atoms with Crippen LogP contribution in [0.25, 0.3) is 0 Å². The van der Waals surface area contributed by atoms with Gasteiger partial charge in [-0.25, -0.2) is 4.39 Å². The molecule has 1 aliphatic heterocycles. The fourth-order valence-electron chi connectivity index (χ4n) is 3.34. The van der Waals surface area contributed by atoms with Crippen molar-refractivity contribution in [1.29, 1.82) is 0 Å². The number of hydrogen-bond donors (Lipinski definition) is 1. The lowest BCUT2D eigenvalue weighted by Crippen LogP contribution is -2.49. The maximum atomic E-state index is 13.1. The minimum Gasteiger partial charge on any atom is -0.338 e. The lowest BCUT2D eigenvalue weighted by molar-refractivity contribution is 0.0679. The molecule has 2 aromatic rings. The van der Waals surface area contributed by atoms with Gasteiger partial charge < -0.3 is 10.2 Å². The van der Waals surface area contributed by atoms with Crippen molar-refractivity contribution < 1.29 is 9.18 Å². The number of hydrogen-bond acceptors (Lipinski definition) is 2. The average molecular weight is 381 g/mol. The molecule has 25 heavy (non-hydrogen) atoms. The minimum absolute atomic E-state index is 0.0241. The highest BCUT2D eigenvalue weighted by atomic mass is 35.5. The van der Waals surface area contributed by atoms with Crippen molar-refractivity contribution in [3.63, 3.8) is 0 Å². The van der Waals surface area contributed by atoms with E-state index in [0.29, 0.717) is 15.6 Å². The molecule has 1 heterocycles. The largest absolute Gasteiger partial charge is 0.338 e. The molecule has 0 aromatic heterocycles. The molecule has 1 amide bonds. The third-order valence-corrected chi connectivity index (χ3v) is 5.47. The number of nitrogens with one attached hydrogen (secondary N) is 1. The van der Waals surface area contributed by atoms with Crippen molar-refractivity contribution in [2.24, 2.45) is 0 Å². The molecular weight excluding hydrogens is 362 g/mol. The van der Waals surface area contributed by atoms with Crippen molar-refractivity contribution in [1.82, 2.24) is 10.2 Å². The zero-order valence-electron chi connectivity index (χ0n) is 13.8. The normalized spacial score (nSPS) is 20.3. The monoisotopic (exact) mass is 380 g/mol. The summed E-state index contributed by atoms with van der Waals surface area (Å²) in [6, 6.07) is 11.3. The van der Waals surface area contributed by atoms with E-state index in [1.165, 1.54) is 24.3 Å². The molecule has 0 bridgehead atoms. The first-order valence-corrected chi connectivity index (χ1v) is 8.91. The molecule has 0 spiro atoms. The molecule has 0 aliphatic carbocycles. The Morgan fingerprint density at radius 2 is 1.88 bits per heavy atom. The van der Waals surface area contributed by atoms with E-state index in [1.807, 2.05) is 12.1 Å². The molecule has 0 unspecified atom stereocenters. The standard InChI is InChI=1S/C19H19Cl2FN2O/c1-24(19(25)12-2-5-14(22)6-3-12)18-8-9-23-11-15(18)13-4-7-16(20)17(21)10-13/h2-7,10,15,18,23H,8-9,11H2,1H3/t15-,18+/m0/s1. The van der Waals surface area contributed by atoms with E-state index in [0.717, 1.165) is 25.1 Å². The number of carbonyl (C=O) groups is 1. The quantitative estimate of drug-likeness (QED) is 0.858. The van der Waals surface area contributed by atoms with Crippen molar-refractivity contribution in [2.45, 2.75) is 18.4 Å². The molecule has 132 valence electrons. The summed E-state index contributed by atoms with van der Waals surface area (Å²) in [6.07, 6.45) is 0.828.